The van der Waals surface area contributed by atoms with E-state index in [9.17, 15) is 4.79 Å². The number of hydrogen-bond donors (Lipinski definition) is 2. The van der Waals surface area contributed by atoms with E-state index < -0.39 is 0 Å². The zero-order valence-corrected chi connectivity index (χ0v) is 10.4. The molecule has 1 amide bonds. The Morgan fingerprint density at radius 3 is 2.88 bits per heavy atom. The summed E-state index contributed by atoms with van der Waals surface area (Å²) in [5.41, 5.74) is 5.58. The molecular weight excluding hydrogens is 222 g/mol. The number of amides is 1. The SMILES string of the molecule is CC(C)COC(=O)N1CCCCC1C(N)=NO. The fourth-order valence-electron chi connectivity index (χ4n) is 1.85. The number of nitrogens with two attached hydrogens (primary N) is 1. The van der Waals surface area contributed by atoms with Crippen LogP contribution in [0.3, 0.4) is 0 Å². The van der Waals surface area contributed by atoms with Crippen molar-refractivity contribution in [3.63, 3.8) is 0 Å². The molecule has 98 valence electrons. The smallest absolute Gasteiger partial charge is 0.410 e. The molecule has 0 saturated carbocycles. The quantitative estimate of drug-likeness (QED) is 0.339. The Morgan fingerprint density at radius 1 is 1.59 bits per heavy atom. The summed E-state index contributed by atoms with van der Waals surface area (Å²) in [5.74, 6) is 0.372. The summed E-state index contributed by atoms with van der Waals surface area (Å²) in [6.07, 6.45) is 2.23. The second kappa shape index (κ2) is 6.32. The first kappa shape index (κ1) is 13.6. The molecular formula is C11H21N3O3. The van der Waals surface area contributed by atoms with Crippen LogP contribution in [-0.4, -0.2) is 41.2 Å². The lowest BCUT2D eigenvalue weighted by atomic mass is 10.0. The number of ether oxygens (including phenoxy) is 1. The second-order valence-electron chi connectivity index (χ2n) is 4.70. The Bertz CT molecular complexity index is 292. The summed E-state index contributed by atoms with van der Waals surface area (Å²) in [7, 11) is 0. The van der Waals surface area contributed by atoms with E-state index in [4.69, 9.17) is 15.7 Å². The van der Waals surface area contributed by atoms with Gasteiger partial charge in [-0.1, -0.05) is 19.0 Å². The summed E-state index contributed by atoms with van der Waals surface area (Å²) < 4.78 is 5.16. The van der Waals surface area contributed by atoms with Gasteiger partial charge in [-0.2, -0.15) is 0 Å². The van der Waals surface area contributed by atoms with Crippen LogP contribution in [0.25, 0.3) is 0 Å². The standard InChI is InChI=1S/C11H21N3O3/c1-8(2)7-17-11(15)14-6-4-3-5-9(14)10(12)13-16/h8-9,16H,3-7H2,1-2H3,(H2,12,13). The topological polar surface area (TPSA) is 88.2 Å². The number of piperidine rings is 1. The van der Waals surface area contributed by atoms with Crippen molar-refractivity contribution in [3.05, 3.63) is 0 Å². The number of nitrogens with zero attached hydrogens (tertiary/aromatic N) is 2. The van der Waals surface area contributed by atoms with Crippen LogP contribution in [-0.2, 0) is 4.74 Å². The number of rotatable bonds is 3. The molecule has 3 N–H and O–H groups in total. The zero-order valence-electron chi connectivity index (χ0n) is 10.4. The number of amidine groups is 1. The Kier molecular flexibility index (Phi) is 5.06. The van der Waals surface area contributed by atoms with E-state index in [0.717, 1.165) is 12.8 Å². The van der Waals surface area contributed by atoms with Gasteiger partial charge in [0.2, 0.25) is 0 Å². The number of carbonyl (C=O) groups excluding carboxylic acids is 1. The summed E-state index contributed by atoms with van der Waals surface area (Å²) >= 11 is 0. The molecule has 1 rings (SSSR count). The maximum Gasteiger partial charge on any atom is 0.410 e. The van der Waals surface area contributed by atoms with E-state index in [2.05, 4.69) is 5.16 Å². The monoisotopic (exact) mass is 243 g/mol. The molecule has 0 spiro atoms. The van der Waals surface area contributed by atoms with Crippen LogP contribution in [0.15, 0.2) is 5.16 Å². The number of likely N-dealkylation sites (tertiary alicyclic amines) is 1. The van der Waals surface area contributed by atoms with E-state index in [1.54, 1.807) is 4.90 Å². The minimum absolute atomic E-state index is 0.0752. The molecule has 17 heavy (non-hydrogen) atoms. The van der Waals surface area contributed by atoms with Crippen molar-refractivity contribution in [1.82, 2.24) is 4.90 Å². The summed E-state index contributed by atoms with van der Waals surface area (Å²) in [6, 6.07) is -0.339. The van der Waals surface area contributed by atoms with Gasteiger partial charge in [-0.25, -0.2) is 4.79 Å². The maximum atomic E-state index is 11.8. The average Bonchev–Trinajstić information content (AvgIpc) is 2.34. The molecule has 1 heterocycles. The van der Waals surface area contributed by atoms with Crippen LogP contribution in [0.2, 0.25) is 0 Å². The zero-order chi connectivity index (χ0) is 12.8. The molecule has 0 aliphatic carbocycles. The lowest BCUT2D eigenvalue weighted by Gasteiger charge is -2.33. The van der Waals surface area contributed by atoms with Gasteiger partial charge in [-0.05, 0) is 25.2 Å². The van der Waals surface area contributed by atoms with Gasteiger partial charge in [-0.15, -0.1) is 0 Å². The van der Waals surface area contributed by atoms with Crippen LogP contribution in [0.5, 0.6) is 0 Å². The Hall–Kier alpha value is -1.46. The molecule has 0 aromatic carbocycles. The first-order valence-corrected chi connectivity index (χ1v) is 5.97. The predicted octanol–water partition coefficient (Wildman–Crippen LogP) is 1.38. The molecule has 1 saturated heterocycles. The fraction of sp³-hybridized carbons (Fsp3) is 0.818. The molecule has 0 bridgehead atoms. The minimum Gasteiger partial charge on any atom is -0.449 e. The third-order valence-electron chi connectivity index (χ3n) is 2.73. The van der Waals surface area contributed by atoms with Gasteiger partial charge in [0, 0.05) is 6.54 Å². The Balaban J connectivity index is 2.61. The van der Waals surface area contributed by atoms with E-state index in [1.165, 1.54) is 0 Å². The van der Waals surface area contributed by atoms with Crippen molar-refractivity contribution >= 4 is 11.9 Å². The van der Waals surface area contributed by atoms with Crippen LogP contribution < -0.4 is 5.73 Å². The van der Waals surface area contributed by atoms with Gasteiger partial charge in [0.1, 0.15) is 0 Å². The van der Waals surface area contributed by atoms with Crippen LogP contribution >= 0.6 is 0 Å². The molecule has 1 aliphatic rings. The van der Waals surface area contributed by atoms with Crippen LogP contribution in [0, 0.1) is 5.92 Å². The normalized spacial score (nSPS) is 21.7. The molecule has 6 nitrogen and oxygen atoms in total. The third kappa shape index (κ3) is 3.80. The third-order valence-corrected chi connectivity index (χ3v) is 2.73. The van der Waals surface area contributed by atoms with Crippen molar-refractivity contribution < 1.29 is 14.7 Å². The predicted molar refractivity (Wildman–Crippen MR) is 63.9 cm³/mol. The van der Waals surface area contributed by atoms with Gasteiger partial charge in [0.05, 0.1) is 12.6 Å². The number of hydrogen-bond acceptors (Lipinski definition) is 4. The van der Waals surface area contributed by atoms with Gasteiger partial charge in [0.25, 0.3) is 0 Å². The van der Waals surface area contributed by atoms with E-state index in [1.807, 2.05) is 13.8 Å². The summed E-state index contributed by atoms with van der Waals surface area (Å²) in [5, 5.41) is 11.7. The highest BCUT2D eigenvalue weighted by molar-refractivity contribution is 5.88. The molecule has 1 aliphatic heterocycles. The largest absolute Gasteiger partial charge is 0.449 e. The van der Waals surface area contributed by atoms with E-state index in [0.29, 0.717) is 25.5 Å². The molecule has 1 atom stereocenters. The van der Waals surface area contributed by atoms with Crippen LogP contribution in [0.1, 0.15) is 33.1 Å². The number of carbonyl (C=O) groups is 1. The summed E-state index contributed by atoms with van der Waals surface area (Å²) in [4.78, 5) is 13.4. The highest BCUT2D eigenvalue weighted by Gasteiger charge is 2.30. The highest BCUT2D eigenvalue weighted by Crippen LogP contribution is 2.18. The average molecular weight is 243 g/mol. The molecule has 0 radical (unpaired) electrons. The lowest BCUT2D eigenvalue weighted by Crippen LogP contribution is -2.50. The van der Waals surface area contributed by atoms with Gasteiger partial charge in [0.15, 0.2) is 5.84 Å². The molecule has 0 aromatic heterocycles. The van der Waals surface area contributed by atoms with Gasteiger partial charge < -0.3 is 15.7 Å². The van der Waals surface area contributed by atoms with Crippen molar-refractivity contribution in [2.24, 2.45) is 16.8 Å². The van der Waals surface area contributed by atoms with Crippen LogP contribution in [0.4, 0.5) is 4.79 Å². The first-order chi connectivity index (χ1) is 8.06. The van der Waals surface area contributed by atoms with E-state index >= 15 is 0 Å². The minimum atomic E-state index is -0.380. The molecule has 6 heteroatoms. The Morgan fingerprint density at radius 2 is 2.29 bits per heavy atom. The molecule has 1 unspecified atom stereocenters. The van der Waals surface area contributed by atoms with Gasteiger partial charge >= 0.3 is 6.09 Å². The van der Waals surface area contributed by atoms with Crippen molar-refractivity contribution in [2.75, 3.05) is 13.2 Å². The summed E-state index contributed by atoms with van der Waals surface area (Å²) in [6.45, 7) is 4.94. The maximum absolute atomic E-state index is 11.8. The first-order valence-electron chi connectivity index (χ1n) is 5.97. The number of oxime groups is 1. The Labute approximate surface area is 101 Å². The highest BCUT2D eigenvalue weighted by atomic mass is 16.6. The van der Waals surface area contributed by atoms with Crippen molar-refractivity contribution in [2.45, 2.75) is 39.2 Å². The van der Waals surface area contributed by atoms with E-state index in [-0.39, 0.29) is 18.0 Å². The van der Waals surface area contributed by atoms with Gasteiger partial charge in [-0.3, -0.25) is 4.90 Å². The van der Waals surface area contributed by atoms with Crippen molar-refractivity contribution in [1.29, 1.82) is 0 Å². The second-order valence-corrected chi connectivity index (χ2v) is 4.70. The van der Waals surface area contributed by atoms with Crippen molar-refractivity contribution in [3.8, 4) is 0 Å². The lowest BCUT2D eigenvalue weighted by molar-refractivity contribution is 0.0767. The molecule has 0 aromatic rings. The fourth-order valence-corrected chi connectivity index (χ4v) is 1.85. The molecule has 1 fully saturated rings.